The highest BCUT2D eigenvalue weighted by molar-refractivity contribution is 5.78. The number of nitrogens with two attached hydrogens (primary N) is 1. The molecule has 0 bridgehead atoms. The van der Waals surface area contributed by atoms with Crippen molar-refractivity contribution in [2.75, 3.05) is 26.2 Å². The fourth-order valence-corrected chi connectivity index (χ4v) is 1.47. The minimum atomic E-state index is 0.787. The summed E-state index contributed by atoms with van der Waals surface area (Å²) in [7, 11) is 0. The van der Waals surface area contributed by atoms with E-state index in [1.165, 1.54) is 0 Å². The van der Waals surface area contributed by atoms with Crippen LogP contribution in [0.5, 0.6) is 0 Å². The maximum absolute atomic E-state index is 5.41. The number of hydrogen-bond acceptors (Lipinski definition) is 4. The first kappa shape index (κ1) is 13.9. The van der Waals surface area contributed by atoms with Crippen molar-refractivity contribution in [3.8, 4) is 0 Å². The highest BCUT2D eigenvalue weighted by Crippen LogP contribution is 1.96. The maximum Gasteiger partial charge on any atom is 0.0928 e. The van der Waals surface area contributed by atoms with Gasteiger partial charge in [0.05, 0.1) is 17.7 Å². The smallest absolute Gasteiger partial charge is 0.0928 e. The van der Waals surface area contributed by atoms with E-state index in [9.17, 15) is 0 Å². The van der Waals surface area contributed by atoms with Crippen LogP contribution < -0.4 is 11.1 Å². The Hall–Kier alpha value is -1.20. The summed E-state index contributed by atoms with van der Waals surface area (Å²) in [6.45, 7) is 5.68. The Morgan fingerprint density at radius 1 is 1.41 bits per heavy atom. The number of H-pyrrole nitrogens is 1. The normalized spacial score (nSPS) is 11.4. The van der Waals surface area contributed by atoms with Crippen LogP contribution in [0.3, 0.4) is 0 Å². The van der Waals surface area contributed by atoms with Gasteiger partial charge in [-0.05, 0) is 45.8 Å². The Bertz CT molecular complexity index is 318. The zero-order valence-electron chi connectivity index (χ0n) is 10.6. The molecule has 0 aliphatic heterocycles. The van der Waals surface area contributed by atoms with E-state index in [-0.39, 0.29) is 0 Å². The summed E-state index contributed by atoms with van der Waals surface area (Å²) in [5.74, 6) is 0. The van der Waals surface area contributed by atoms with E-state index in [1.807, 2.05) is 13.1 Å². The molecule has 0 amide bonds. The van der Waals surface area contributed by atoms with Gasteiger partial charge in [-0.25, -0.2) is 4.98 Å². The lowest BCUT2D eigenvalue weighted by Crippen LogP contribution is -2.18. The Balaban J connectivity index is 1.97. The minimum Gasteiger partial charge on any atom is -0.344 e. The second-order valence-electron chi connectivity index (χ2n) is 4.04. The van der Waals surface area contributed by atoms with Crippen molar-refractivity contribution >= 4 is 6.21 Å². The van der Waals surface area contributed by atoms with Gasteiger partial charge in [-0.2, -0.15) is 0 Å². The van der Waals surface area contributed by atoms with E-state index < -0.39 is 0 Å². The van der Waals surface area contributed by atoms with Crippen molar-refractivity contribution in [2.45, 2.75) is 26.2 Å². The van der Waals surface area contributed by atoms with E-state index in [1.54, 1.807) is 6.33 Å². The van der Waals surface area contributed by atoms with Gasteiger partial charge >= 0.3 is 0 Å². The third-order valence-corrected chi connectivity index (χ3v) is 2.54. The summed E-state index contributed by atoms with van der Waals surface area (Å²) in [4.78, 5) is 11.5. The van der Waals surface area contributed by atoms with Crippen LogP contribution in [0.2, 0.25) is 0 Å². The van der Waals surface area contributed by atoms with Crippen molar-refractivity contribution < 1.29 is 0 Å². The second kappa shape index (κ2) is 8.90. The Morgan fingerprint density at radius 2 is 2.24 bits per heavy atom. The molecule has 1 heterocycles. The minimum absolute atomic E-state index is 0.787. The number of aromatic nitrogens is 2. The molecule has 4 N–H and O–H groups in total. The average molecular weight is 237 g/mol. The molecule has 0 atom stereocenters. The predicted octanol–water partition coefficient (Wildman–Crippen LogP) is 0.856. The number of rotatable bonds is 9. The molecule has 0 fully saturated rings. The molecule has 0 radical (unpaired) electrons. The van der Waals surface area contributed by atoms with Crippen molar-refractivity contribution in [1.29, 1.82) is 0 Å². The van der Waals surface area contributed by atoms with E-state index in [0.29, 0.717) is 0 Å². The summed E-state index contributed by atoms with van der Waals surface area (Å²) in [5, 5.41) is 3.38. The molecule has 0 aliphatic rings. The number of nitrogens with one attached hydrogen (secondary N) is 2. The van der Waals surface area contributed by atoms with Crippen LogP contribution in [-0.2, 0) is 0 Å². The lowest BCUT2D eigenvalue weighted by molar-refractivity contribution is 0.611. The fraction of sp³-hybridized carbons (Fsp3) is 0.667. The first-order chi connectivity index (χ1) is 8.34. The van der Waals surface area contributed by atoms with E-state index in [2.05, 4.69) is 20.3 Å². The zero-order valence-corrected chi connectivity index (χ0v) is 10.6. The lowest BCUT2D eigenvalue weighted by Gasteiger charge is -2.01. The fourth-order valence-electron chi connectivity index (χ4n) is 1.47. The zero-order chi connectivity index (χ0) is 12.3. The Morgan fingerprint density at radius 3 is 2.94 bits per heavy atom. The third kappa shape index (κ3) is 6.19. The number of aromatic amines is 1. The number of hydrogen-bond donors (Lipinski definition) is 3. The molecule has 0 spiro atoms. The van der Waals surface area contributed by atoms with Crippen LogP contribution in [0.1, 0.15) is 30.7 Å². The largest absolute Gasteiger partial charge is 0.344 e. The number of nitrogens with zero attached hydrogens (tertiary/aromatic N) is 2. The molecule has 0 unspecified atom stereocenters. The van der Waals surface area contributed by atoms with Crippen LogP contribution in [0, 0.1) is 6.92 Å². The molecule has 0 aromatic carbocycles. The van der Waals surface area contributed by atoms with Crippen molar-refractivity contribution in [3.05, 3.63) is 17.7 Å². The van der Waals surface area contributed by atoms with E-state index >= 15 is 0 Å². The monoisotopic (exact) mass is 237 g/mol. The molecule has 96 valence electrons. The first-order valence-electron chi connectivity index (χ1n) is 6.25. The van der Waals surface area contributed by atoms with Gasteiger partial charge in [-0.3, -0.25) is 4.99 Å². The quantitative estimate of drug-likeness (QED) is 0.440. The first-order valence-corrected chi connectivity index (χ1v) is 6.25. The molecular formula is C12H23N5. The van der Waals surface area contributed by atoms with Gasteiger partial charge in [0.1, 0.15) is 0 Å². The predicted molar refractivity (Wildman–Crippen MR) is 71.6 cm³/mol. The number of aliphatic imine (C=N–C) groups is 1. The Labute approximate surface area is 103 Å². The van der Waals surface area contributed by atoms with Crippen LogP contribution in [0.25, 0.3) is 0 Å². The maximum atomic E-state index is 5.41. The highest BCUT2D eigenvalue weighted by atomic mass is 14.9. The molecule has 1 aromatic heterocycles. The van der Waals surface area contributed by atoms with Gasteiger partial charge in [0.2, 0.25) is 0 Å². The lowest BCUT2D eigenvalue weighted by atomic mass is 10.3. The molecule has 0 saturated carbocycles. The Kier molecular flexibility index (Phi) is 7.25. The van der Waals surface area contributed by atoms with Crippen molar-refractivity contribution in [3.63, 3.8) is 0 Å². The number of imidazole rings is 1. The summed E-state index contributed by atoms with van der Waals surface area (Å²) in [6.07, 6.45) is 6.87. The molecule has 1 rings (SSSR count). The van der Waals surface area contributed by atoms with Gasteiger partial charge in [0.15, 0.2) is 0 Å². The van der Waals surface area contributed by atoms with Crippen molar-refractivity contribution in [2.24, 2.45) is 10.7 Å². The van der Waals surface area contributed by atoms with E-state index in [0.717, 1.165) is 56.8 Å². The average Bonchev–Trinajstić information content (AvgIpc) is 2.73. The molecule has 1 aromatic rings. The van der Waals surface area contributed by atoms with Gasteiger partial charge in [-0.15, -0.1) is 0 Å². The number of aryl methyl sites for hydroxylation is 1. The van der Waals surface area contributed by atoms with Crippen LogP contribution in [0.15, 0.2) is 11.3 Å². The third-order valence-electron chi connectivity index (χ3n) is 2.54. The molecule has 5 nitrogen and oxygen atoms in total. The van der Waals surface area contributed by atoms with Gasteiger partial charge in [0.25, 0.3) is 0 Å². The molecular weight excluding hydrogens is 214 g/mol. The van der Waals surface area contributed by atoms with E-state index in [4.69, 9.17) is 5.73 Å². The van der Waals surface area contributed by atoms with Crippen LogP contribution in [0.4, 0.5) is 0 Å². The second-order valence-corrected chi connectivity index (χ2v) is 4.04. The van der Waals surface area contributed by atoms with Gasteiger partial charge in [-0.1, -0.05) is 0 Å². The SMILES string of the molecule is Cc1nc[nH]c1/C=N/CCCNCCCCN. The molecule has 0 saturated heterocycles. The van der Waals surface area contributed by atoms with Crippen LogP contribution >= 0.6 is 0 Å². The molecule has 0 aliphatic carbocycles. The summed E-state index contributed by atoms with van der Waals surface area (Å²) >= 11 is 0. The number of unbranched alkanes of at least 4 members (excludes halogenated alkanes) is 1. The topological polar surface area (TPSA) is 79.1 Å². The highest BCUT2D eigenvalue weighted by Gasteiger charge is 1.94. The molecule has 5 heteroatoms. The van der Waals surface area contributed by atoms with Gasteiger partial charge in [0, 0.05) is 12.8 Å². The summed E-state index contributed by atoms with van der Waals surface area (Å²) < 4.78 is 0. The summed E-state index contributed by atoms with van der Waals surface area (Å²) in [6, 6.07) is 0. The van der Waals surface area contributed by atoms with Gasteiger partial charge < -0.3 is 16.0 Å². The van der Waals surface area contributed by atoms with Crippen molar-refractivity contribution in [1.82, 2.24) is 15.3 Å². The molecule has 17 heavy (non-hydrogen) atoms. The van der Waals surface area contributed by atoms with Crippen LogP contribution in [-0.4, -0.2) is 42.4 Å². The summed E-state index contributed by atoms with van der Waals surface area (Å²) in [5.41, 5.74) is 7.41. The standard InChI is InChI=1S/C12H23N5/c1-11-12(17-10-16-11)9-15-8-4-7-14-6-3-2-5-13/h9-10,14H,2-8,13H2,1H3,(H,16,17)/b15-9+.